The Bertz CT molecular complexity index is 836. The molecule has 6 heteroatoms. The fourth-order valence-corrected chi connectivity index (χ4v) is 3.28. The molecule has 1 fully saturated rings. The molecule has 3 aromatic rings. The van der Waals surface area contributed by atoms with Crippen molar-refractivity contribution < 1.29 is 9.21 Å². The van der Waals surface area contributed by atoms with E-state index >= 15 is 0 Å². The molecule has 132 valence electrons. The zero-order valence-electron chi connectivity index (χ0n) is 13.9. The van der Waals surface area contributed by atoms with Gasteiger partial charge in [0, 0.05) is 23.0 Å². The maximum Gasteiger partial charge on any atom is 0.267 e. The maximum absolute atomic E-state index is 12.4. The van der Waals surface area contributed by atoms with Gasteiger partial charge in [-0.05, 0) is 55.6 Å². The number of furan rings is 1. The monoisotopic (exact) mass is 359 g/mol. The second-order valence-corrected chi connectivity index (χ2v) is 6.40. The quantitative estimate of drug-likeness (QED) is 0.666. The minimum absolute atomic E-state index is 0. The number of fused-ring (bicyclic) bond motifs is 1. The lowest BCUT2D eigenvalue weighted by molar-refractivity contribution is 0.0940. The summed E-state index contributed by atoms with van der Waals surface area (Å²) in [5.74, 6) is 0.543. The van der Waals surface area contributed by atoms with Gasteiger partial charge in [0.1, 0.15) is 5.69 Å². The molecule has 0 aliphatic carbocycles. The molecule has 3 N–H and O–H groups in total. The van der Waals surface area contributed by atoms with Crippen LogP contribution in [0.4, 0.5) is 0 Å². The molecule has 3 heterocycles. The molecule has 0 saturated carbocycles. The minimum atomic E-state index is -0.0328. The van der Waals surface area contributed by atoms with Gasteiger partial charge in [-0.25, -0.2) is 0 Å². The van der Waals surface area contributed by atoms with E-state index < -0.39 is 0 Å². The highest BCUT2D eigenvalue weighted by molar-refractivity contribution is 5.98. The molecular weight excluding hydrogens is 338 g/mol. The highest BCUT2D eigenvalue weighted by Gasteiger charge is 2.15. The largest absolute Gasteiger partial charge is 0.472 e. The number of hydrogen-bond acceptors (Lipinski definition) is 3. The van der Waals surface area contributed by atoms with Gasteiger partial charge in [0.15, 0.2) is 0 Å². The summed E-state index contributed by atoms with van der Waals surface area (Å²) in [6.45, 7) is 2.84. The second-order valence-electron chi connectivity index (χ2n) is 6.40. The molecule has 1 saturated heterocycles. The zero-order chi connectivity index (χ0) is 16.4. The topological polar surface area (TPSA) is 70.1 Å². The lowest BCUT2D eigenvalue weighted by Gasteiger charge is -2.22. The predicted molar refractivity (Wildman–Crippen MR) is 101 cm³/mol. The van der Waals surface area contributed by atoms with Crippen molar-refractivity contribution in [2.45, 2.75) is 12.8 Å². The Balaban J connectivity index is 0.00000182. The highest BCUT2D eigenvalue weighted by Crippen LogP contribution is 2.25. The number of amides is 1. The normalized spacial score (nSPS) is 15.0. The van der Waals surface area contributed by atoms with Gasteiger partial charge in [0.05, 0.1) is 12.5 Å². The minimum Gasteiger partial charge on any atom is -0.472 e. The van der Waals surface area contributed by atoms with Crippen LogP contribution in [0.5, 0.6) is 0 Å². The van der Waals surface area contributed by atoms with Gasteiger partial charge in [-0.1, -0.05) is 12.1 Å². The van der Waals surface area contributed by atoms with Crippen LogP contribution in [0.1, 0.15) is 23.3 Å². The molecule has 0 unspecified atom stereocenters. The molecule has 1 aliphatic rings. The average Bonchev–Trinajstić information content (AvgIpc) is 3.29. The van der Waals surface area contributed by atoms with Crippen molar-refractivity contribution in [3.8, 4) is 11.1 Å². The highest BCUT2D eigenvalue weighted by atomic mass is 35.5. The first-order valence-corrected chi connectivity index (χ1v) is 8.44. The van der Waals surface area contributed by atoms with Crippen molar-refractivity contribution >= 4 is 29.2 Å². The van der Waals surface area contributed by atoms with E-state index in [2.05, 4.69) is 15.6 Å². The van der Waals surface area contributed by atoms with Crippen LogP contribution in [0.3, 0.4) is 0 Å². The van der Waals surface area contributed by atoms with E-state index in [4.69, 9.17) is 4.42 Å². The Kier molecular flexibility index (Phi) is 5.46. The first-order valence-electron chi connectivity index (χ1n) is 8.44. The van der Waals surface area contributed by atoms with E-state index in [0.29, 0.717) is 11.6 Å². The zero-order valence-corrected chi connectivity index (χ0v) is 14.7. The van der Waals surface area contributed by atoms with Crippen LogP contribution in [-0.2, 0) is 0 Å². The molecule has 4 rings (SSSR count). The molecular formula is C19H22ClN3O2. The Morgan fingerprint density at radius 2 is 2.00 bits per heavy atom. The number of carbonyl (C=O) groups excluding carboxylic acids is 1. The molecule has 2 aromatic heterocycles. The van der Waals surface area contributed by atoms with Crippen molar-refractivity contribution in [3.05, 3.63) is 48.6 Å². The van der Waals surface area contributed by atoms with Crippen molar-refractivity contribution in [2.75, 3.05) is 19.6 Å². The number of benzene rings is 1. The van der Waals surface area contributed by atoms with Gasteiger partial charge in [0.25, 0.3) is 5.91 Å². The Morgan fingerprint density at radius 3 is 2.76 bits per heavy atom. The van der Waals surface area contributed by atoms with Crippen LogP contribution in [0, 0.1) is 5.92 Å². The van der Waals surface area contributed by atoms with E-state index in [1.807, 2.05) is 30.3 Å². The molecule has 0 atom stereocenters. The maximum atomic E-state index is 12.4. The second kappa shape index (κ2) is 7.76. The van der Waals surface area contributed by atoms with Gasteiger partial charge >= 0.3 is 0 Å². The van der Waals surface area contributed by atoms with Crippen molar-refractivity contribution in [1.82, 2.24) is 15.6 Å². The van der Waals surface area contributed by atoms with Gasteiger partial charge in [-0.3, -0.25) is 4.79 Å². The number of aromatic amines is 1. The third-order valence-corrected chi connectivity index (χ3v) is 4.73. The van der Waals surface area contributed by atoms with Gasteiger partial charge in [0.2, 0.25) is 0 Å². The molecule has 0 radical (unpaired) electrons. The Labute approximate surface area is 152 Å². The van der Waals surface area contributed by atoms with E-state index in [9.17, 15) is 4.79 Å². The van der Waals surface area contributed by atoms with E-state index in [-0.39, 0.29) is 18.3 Å². The summed E-state index contributed by atoms with van der Waals surface area (Å²) in [7, 11) is 0. The van der Waals surface area contributed by atoms with Crippen LogP contribution in [0.15, 0.2) is 47.3 Å². The first kappa shape index (κ1) is 17.6. The summed E-state index contributed by atoms with van der Waals surface area (Å²) in [5.41, 5.74) is 3.67. The molecule has 1 aromatic carbocycles. The third-order valence-electron chi connectivity index (χ3n) is 4.73. The Hall–Kier alpha value is -2.24. The number of halogens is 1. The summed E-state index contributed by atoms with van der Waals surface area (Å²) >= 11 is 0. The fraction of sp³-hybridized carbons (Fsp3) is 0.316. The number of nitrogens with one attached hydrogen (secondary N) is 3. The molecule has 0 spiro atoms. The van der Waals surface area contributed by atoms with Crippen LogP contribution in [-0.4, -0.2) is 30.5 Å². The molecule has 1 aliphatic heterocycles. The summed E-state index contributed by atoms with van der Waals surface area (Å²) in [4.78, 5) is 15.6. The first-order chi connectivity index (χ1) is 11.8. The smallest absolute Gasteiger partial charge is 0.267 e. The number of hydrogen-bond donors (Lipinski definition) is 3. The number of piperidine rings is 1. The third kappa shape index (κ3) is 3.89. The lowest BCUT2D eigenvalue weighted by atomic mass is 9.98. The number of aromatic nitrogens is 1. The summed E-state index contributed by atoms with van der Waals surface area (Å²) in [5, 5.41) is 7.44. The standard InChI is InChI=1S/C19H21N3O2.ClH/c23-19(21-11-13-3-6-20-7-4-13)18-10-15-2-1-14(9-17(15)22-18)16-5-8-24-12-16;/h1-2,5,8-10,12-13,20,22H,3-4,6-7,11H2,(H,21,23);1H. The van der Waals surface area contributed by atoms with Crippen molar-refractivity contribution in [2.24, 2.45) is 5.92 Å². The van der Waals surface area contributed by atoms with E-state index in [1.165, 1.54) is 0 Å². The van der Waals surface area contributed by atoms with Crippen LogP contribution in [0.2, 0.25) is 0 Å². The van der Waals surface area contributed by atoms with Crippen LogP contribution in [0.25, 0.3) is 22.0 Å². The SMILES string of the molecule is Cl.O=C(NCC1CCNCC1)c1cc2ccc(-c3ccoc3)cc2[nH]1. The number of carbonyl (C=O) groups is 1. The van der Waals surface area contributed by atoms with E-state index in [0.717, 1.165) is 54.5 Å². The van der Waals surface area contributed by atoms with Crippen molar-refractivity contribution in [1.29, 1.82) is 0 Å². The predicted octanol–water partition coefficient (Wildman–Crippen LogP) is 3.58. The van der Waals surface area contributed by atoms with Crippen molar-refractivity contribution in [3.63, 3.8) is 0 Å². The molecule has 1 amide bonds. The van der Waals surface area contributed by atoms with E-state index in [1.54, 1.807) is 12.5 Å². The van der Waals surface area contributed by atoms with Gasteiger partial charge in [-0.2, -0.15) is 0 Å². The summed E-state index contributed by atoms with van der Waals surface area (Å²) in [6.07, 6.45) is 5.63. The molecule has 0 bridgehead atoms. The van der Waals surface area contributed by atoms with Gasteiger partial charge < -0.3 is 20.0 Å². The lowest BCUT2D eigenvalue weighted by Crippen LogP contribution is -2.36. The average molecular weight is 360 g/mol. The summed E-state index contributed by atoms with van der Waals surface area (Å²) in [6, 6.07) is 9.95. The van der Waals surface area contributed by atoms with Gasteiger partial charge in [-0.15, -0.1) is 12.4 Å². The molecule has 5 nitrogen and oxygen atoms in total. The summed E-state index contributed by atoms with van der Waals surface area (Å²) < 4.78 is 5.14. The number of rotatable bonds is 4. The molecule has 25 heavy (non-hydrogen) atoms. The van der Waals surface area contributed by atoms with Crippen LogP contribution < -0.4 is 10.6 Å². The Morgan fingerprint density at radius 1 is 1.16 bits per heavy atom. The number of H-pyrrole nitrogens is 1. The van der Waals surface area contributed by atoms with Crippen LogP contribution >= 0.6 is 12.4 Å². The fourth-order valence-electron chi connectivity index (χ4n) is 3.28.